The van der Waals surface area contributed by atoms with E-state index in [4.69, 9.17) is 13.9 Å². The van der Waals surface area contributed by atoms with Crippen LogP contribution in [0, 0.1) is 0 Å². The van der Waals surface area contributed by atoms with E-state index in [-0.39, 0.29) is 11.9 Å². The van der Waals surface area contributed by atoms with Crippen LogP contribution in [0.15, 0.2) is 77.2 Å². The molecule has 4 aromatic rings. The summed E-state index contributed by atoms with van der Waals surface area (Å²) >= 11 is 0. The van der Waals surface area contributed by atoms with Crippen LogP contribution < -0.4 is 0 Å². The average Bonchev–Trinajstić information content (AvgIpc) is 3.17. The second-order valence-electron chi connectivity index (χ2n) is 6.84. The van der Waals surface area contributed by atoms with E-state index in [1.165, 1.54) is 14.2 Å². The topological polar surface area (TPSA) is 65.7 Å². The maximum Gasteiger partial charge on any atom is 0.337 e. The van der Waals surface area contributed by atoms with Gasteiger partial charge in [-0.1, -0.05) is 42.5 Å². The second kappa shape index (κ2) is 8.25. The number of hydrogen-bond donors (Lipinski definition) is 0. The predicted molar refractivity (Wildman–Crippen MR) is 114 cm³/mol. The fraction of sp³-hybridized carbons (Fsp3) is 0.120. The van der Waals surface area contributed by atoms with Gasteiger partial charge in [0.15, 0.2) is 0 Å². The third-order valence-electron chi connectivity index (χ3n) is 5.02. The molecule has 0 saturated carbocycles. The minimum atomic E-state index is -0.378. The number of esters is 2. The summed E-state index contributed by atoms with van der Waals surface area (Å²) in [5.41, 5.74) is 4.75. The van der Waals surface area contributed by atoms with E-state index in [1.54, 1.807) is 24.3 Å². The Morgan fingerprint density at radius 3 is 1.93 bits per heavy atom. The van der Waals surface area contributed by atoms with Crippen molar-refractivity contribution in [2.24, 2.45) is 0 Å². The standard InChI is InChI=1S/C25H20O5/c1-28-24(26)18-9-7-16(8-10-18)15-21-20-5-3-4-6-22(20)30-23(21)17-11-13-19(14-12-17)25(27)29-2/h3-14H,15H2,1-2H3. The van der Waals surface area contributed by atoms with Gasteiger partial charge in [-0.05, 0) is 35.9 Å². The number of fused-ring (bicyclic) bond motifs is 1. The van der Waals surface area contributed by atoms with Crippen molar-refractivity contribution in [1.82, 2.24) is 0 Å². The third kappa shape index (κ3) is 3.70. The number of furan rings is 1. The Bertz CT molecular complexity index is 1200. The molecule has 1 aromatic heterocycles. The Morgan fingerprint density at radius 2 is 1.33 bits per heavy atom. The average molecular weight is 400 g/mol. The van der Waals surface area contributed by atoms with E-state index in [2.05, 4.69) is 0 Å². The Balaban J connectivity index is 1.74. The number of carbonyl (C=O) groups is 2. The molecule has 0 N–H and O–H groups in total. The summed E-state index contributed by atoms with van der Waals surface area (Å²) in [6.07, 6.45) is 0.632. The van der Waals surface area contributed by atoms with E-state index >= 15 is 0 Å². The fourth-order valence-electron chi connectivity index (χ4n) is 3.46. The van der Waals surface area contributed by atoms with Crippen LogP contribution in [-0.2, 0) is 15.9 Å². The van der Waals surface area contributed by atoms with Crippen molar-refractivity contribution in [2.75, 3.05) is 14.2 Å². The van der Waals surface area contributed by atoms with Crippen LogP contribution >= 0.6 is 0 Å². The highest BCUT2D eigenvalue weighted by atomic mass is 16.5. The van der Waals surface area contributed by atoms with Crippen molar-refractivity contribution in [3.8, 4) is 11.3 Å². The zero-order valence-corrected chi connectivity index (χ0v) is 16.7. The molecule has 0 unspecified atom stereocenters. The van der Waals surface area contributed by atoms with Crippen LogP contribution in [0.3, 0.4) is 0 Å². The van der Waals surface area contributed by atoms with Crippen molar-refractivity contribution in [3.63, 3.8) is 0 Å². The van der Waals surface area contributed by atoms with E-state index < -0.39 is 0 Å². The summed E-state index contributed by atoms with van der Waals surface area (Å²) in [5.74, 6) is 0.0171. The zero-order chi connectivity index (χ0) is 21.1. The Hall–Kier alpha value is -3.86. The van der Waals surface area contributed by atoms with Crippen LogP contribution in [-0.4, -0.2) is 26.2 Å². The normalized spacial score (nSPS) is 10.7. The largest absolute Gasteiger partial charge is 0.465 e. The SMILES string of the molecule is COC(=O)c1ccc(Cc2c(-c3ccc(C(=O)OC)cc3)oc3ccccc23)cc1. The highest BCUT2D eigenvalue weighted by molar-refractivity contribution is 5.92. The highest BCUT2D eigenvalue weighted by Crippen LogP contribution is 2.35. The molecule has 3 aromatic carbocycles. The van der Waals surface area contributed by atoms with Crippen molar-refractivity contribution in [1.29, 1.82) is 0 Å². The first-order valence-electron chi connectivity index (χ1n) is 9.47. The lowest BCUT2D eigenvalue weighted by Gasteiger charge is -2.06. The molecule has 1 heterocycles. The number of ether oxygens (including phenoxy) is 2. The van der Waals surface area contributed by atoms with Gasteiger partial charge in [0.2, 0.25) is 0 Å². The van der Waals surface area contributed by atoms with Crippen LogP contribution in [0.25, 0.3) is 22.3 Å². The lowest BCUT2D eigenvalue weighted by molar-refractivity contribution is 0.0592. The zero-order valence-electron chi connectivity index (χ0n) is 16.7. The molecule has 0 radical (unpaired) electrons. The number of carbonyl (C=O) groups excluding carboxylic acids is 2. The predicted octanol–water partition coefficient (Wildman–Crippen LogP) is 5.26. The molecular formula is C25H20O5. The summed E-state index contributed by atoms with van der Waals surface area (Å²) in [5, 5.41) is 1.03. The molecule has 0 fully saturated rings. The van der Waals surface area contributed by atoms with Crippen molar-refractivity contribution >= 4 is 22.9 Å². The summed E-state index contributed by atoms with van der Waals surface area (Å²) < 4.78 is 15.7. The van der Waals surface area contributed by atoms with Crippen molar-refractivity contribution in [2.45, 2.75) is 6.42 Å². The maximum absolute atomic E-state index is 11.7. The van der Waals surface area contributed by atoms with Gasteiger partial charge in [0, 0.05) is 22.9 Å². The molecule has 0 atom stereocenters. The molecule has 0 aliphatic heterocycles. The third-order valence-corrected chi connectivity index (χ3v) is 5.02. The molecule has 4 rings (SSSR count). The van der Waals surface area contributed by atoms with Gasteiger partial charge < -0.3 is 13.9 Å². The van der Waals surface area contributed by atoms with Gasteiger partial charge in [-0.25, -0.2) is 9.59 Å². The molecule has 0 aliphatic carbocycles. The summed E-state index contributed by atoms with van der Waals surface area (Å²) in [6.45, 7) is 0. The first kappa shape index (κ1) is 19.5. The molecule has 150 valence electrons. The van der Waals surface area contributed by atoms with Gasteiger partial charge >= 0.3 is 11.9 Å². The lowest BCUT2D eigenvalue weighted by Crippen LogP contribution is -2.01. The Morgan fingerprint density at radius 1 is 0.767 bits per heavy atom. The van der Waals surface area contributed by atoms with E-state index in [0.717, 1.165) is 33.4 Å². The van der Waals surface area contributed by atoms with E-state index in [1.807, 2.05) is 48.5 Å². The number of para-hydroxylation sites is 1. The molecule has 0 saturated heterocycles. The highest BCUT2D eigenvalue weighted by Gasteiger charge is 2.17. The van der Waals surface area contributed by atoms with Gasteiger partial charge in [-0.15, -0.1) is 0 Å². The van der Waals surface area contributed by atoms with Crippen LogP contribution in [0.4, 0.5) is 0 Å². The molecule has 0 aliphatic rings. The molecule has 0 amide bonds. The second-order valence-corrected chi connectivity index (χ2v) is 6.84. The first-order valence-corrected chi connectivity index (χ1v) is 9.47. The molecular weight excluding hydrogens is 380 g/mol. The van der Waals surface area contributed by atoms with Gasteiger partial charge in [0.1, 0.15) is 11.3 Å². The van der Waals surface area contributed by atoms with Gasteiger partial charge in [0.25, 0.3) is 0 Å². The fourth-order valence-corrected chi connectivity index (χ4v) is 3.46. The van der Waals surface area contributed by atoms with E-state index in [9.17, 15) is 9.59 Å². The molecule has 5 nitrogen and oxygen atoms in total. The summed E-state index contributed by atoms with van der Waals surface area (Å²) in [6, 6.07) is 22.4. The van der Waals surface area contributed by atoms with Crippen LogP contribution in [0.5, 0.6) is 0 Å². The molecule has 5 heteroatoms. The number of hydrogen-bond acceptors (Lipinski definition) is 5. The van der Waals surface area contributed by atoms with E-state index in [0.29, 0.717) is 17.5 Å². The maximum atomic E-state index is 11.7. The Labute approximate surface area is 173 Å². The van der Waals surface area contributed by atoms with Gasteiger partial charge in [0.05, 0.1) is 25.3 Å². The molecule has 0 spiro atoms. The first-order chi connectivity index (χ1) is 14.6. The summed E-state index contributed by atoms with van der Waals surface area (Å²) in [7, 11) is 2.73. The van der Waals surface area contributed by atoms with Crippen LogP contribution in [0.1, 0.15) is 31.8 Å². The van der Waals surface area contributed by atoms with Crippen LogP contribution in [0.2, 0.25) is 0 Å². The quantitative estimate of drug-likeness (QED) is 0.427. The Kier molecular flexibility index (Phi) is 5.35. The minimum absolute atomic E-state index is 0.360. The molecule has 30 heavy (non-hydrogen) atoms. The van der Waals surface area contributed by atoms with Gasteiger partial charge in [-0.3, -0.25) is 0 Å². The van der Waals surface area contributed by atoms with Gasteiger partial charge in [-0.2, -0.15) is 0 Å². The van der Waals surface area contributed by atoms with Crippen molar-refractivity contribution in [3.05, 3.63) is 95.1 Å². The number of rotatable bonds is 5. The monoisotopic (exact) mass is 400 g/mol. The lowest BCUT2D eigenvalue weighted by atomic mass is 9.97. The number of benzene rings is 3. The molecule has 0 bridgehead atoms. The minimum Gasteiger partial charge on any atom is -0.465 e. The van der Waals surface area contributed by atoms with Crippen molar-refractivity contribution < 1.29 is 23.5 Å². The number of methoxy groups -OCH3 is 2. The smallest absolute Gasteiger partial charge is 0.337 e. The summed E-state index contributed by atoms with van der Waals surface area (Å²) in [4.78, 5) is 23.4.